The van der Waals surface area contributed by atoms with Gasteiger partial charge in [0.1, 0.15) is 5.82 Å². The Morgan fingerprint density at radius 2 is 2.05 bits per heavy atom. The molecule has 0 heterocycles. The maximum atomic E-state index is 14.3. The van der Waals surface area contributed by atoms with Crippen molar-refractivity contribution in [1.82, 2.24) is 0 Å². The van der Waals surface area contributed by atoms with Gasteiger partial charge in [0.05, 0.1) is 5.56 Å². The minimum atomic E-state index is -0.481. The van der Waals surface area contributed by atoms with Crippen molar-refractivity contribution in [3.05, 3.63) is 64.5 Å². The maximum Gasteiger partial charge on any atom is 0.173 e. The number of benzene rings is 2. The summed E-state index contributed by atoms with van der Waals surface area (Å²) in [6.45, 7) is 4.32. The molecule has 0 atom stereocenters. The first-order valence-corrected chi connectivity index (χ1v) is 6.59. The van der Waals surface area contributed by atoms with E-state index in [1.54, 1.807) is 12.1 Å². The SMILES string of the molecule is Cc1ccc(C)c(NCc2cccc(/C(N)=N/O)c2F)c1. The molecule has 5 heteroatoms. The Hall–Kier alpha value is -2.56. The number of nitrogens with zero attached hydrogens (tertiary/aromatic N) is 1. The van der Waals surface area contributed by atoms with Crippen LogP contribution in [0.25, 0.3) is 0 Å². The second-order valence-electron chi connectivity index (χ2n) is 4.94. The molecule has 110 valence electrons. The van der Waals surface area contributed by atoms with E-state index in [0.717, 1.165) is 16.8 Å². The highest BCUT2D eigenvalue weighted by Crippen LogP contribution is 2.19. The number of nitrogens with two attached hydrogens (primary N) is 1. The Morgan fingerprint density at radius 3 is 2.76 bits per heavy atom. The smallest absolute Gasteiger partial charge is 0.173 e. The van der Waals surface area contributed by atoms with Crippen molar-refractivity contribution in [2.75, 3.05) is 5.32 Å². The van der Waals surface area contributed by atoms with E-state index in [-0.39, 0.29) is 11.4 Å². The highest BCUT2D eigenvalue weighted by atomic mass is 19.1. The summed E-state index contributed by atoms with van der Waals surface area (Å²) in [6, 6.07) is 10.9. The van der Waals surface area contributed by atoms with Crippen LogP contribution in [0.1, 0.15) is 22.3 Å². The van der Waals surface area contributed by atoms with E-state index in [9.17, 15) is 4.39 Å². The van der Waals surface area contributed by atoms with Crippen LogP contribution in [0.4, 0.5) is 10.1 Å². The Kier molecular flexibility index (Phi) is 4.42. The molecule has 4 N–H and O–H groups in total. The number of amidine groups is 1. The van der Waals surface area contributed by atoms with Crippen LogP contribution in [0.2, 0.25) is 0 Å². The van der Waals surface area contributed by atoms with Crippen molar-refractivity contribution < 1.29 is 9.60 Å². The lowest BCUT2D eigenvalue weighted by molar-refractivity contribution is 0.318. The largest absolute Gasteiger partial charge is 0.409 e. The molecule has 2 rings (SSSR count). The van der Waals surface area contributed by atoms with Gasteiger partial charge in [-0.1, -0.05) is 29.4 Å². The maximum absolute atomic E-state index is 14.3. The molecule has 0 aliphatic carbocycles. The van der Waals surface area contributed by atoms with Gasteiger partial charge in [0, 0.05) is 17.8 Å². The molecule has 0 radical (unpaired) electrons. The summed E-state index contributed by atoms with van der Waals surface area (Å²) in [5.74, 6) is -0.716. The fourth-order valence-electron chi connectivity index (χ4n) is 2.08. The molecule has 4 nitrogen and oxygen atoms in total. The van der Waals surface area contributed by atoms with Gasteiger partial charge in [-0.15, -0.1) is 0 Å². The first-order chi connectivity index (χ1) is 10.0. The summed E-state index contributed by atoms with van der Waals surface area (Å²) in [6.07, 6.45) is 0. The van der Waals surface area contributed by atoms with Gasteiger partial charge in [-0.2, -0.15) is 0 Å². The van der Waals surface area contributed by atoms with Crippen molar-refractivity contribution >= 4 is 11.5 Å². The molecular weight excluding hydrogens is 269 g/mol. The first-order valence-electron chi connectivity index (χ1n) is 6.59. The molecule has 2 aromatic rings. The number of aryl methyl sites for hydroxylation is 2. The predicted octanol–water partition coefficient (Wildman–Crippen LogP) is 3.15. The van der Waals surface area contributed by atoms with Gasteiger partial charge in [0.15, 0.2) is 5.84 Å². The van der Waals surface area contributed by atoms with E-state index < -0.39 is 5.82 Å². The second-order valence-corrected chi connectivity index (χ2v) is 4.94. The van der Waals surface area contributed by atoms with E-state index in [2.05, 4.69) is 10.5 Å². The fraction of sp³-hybridized carbons (Fsp3) is 0.188. The Balaban J connectivity index is 2.23. The molecular formula is C16H18FN3O. The molecule has 0 saturated heterocycles. The highest BCUT2D eigenvalue weighted by molar-refractivity contribution is 5.97. The Morgan fingerprint density at radius 1 is 1.29 bits per heavy atom. The number of halogens is 1. The molecule has 0 saturated carbocycles. The molecule has 0 bridgehead atoms. The van der Waals surface area contributed by atoms with Crippen LogP contribution in [0.15, 0.2) is 41.6 Å². The van der Waals surface area contributed by atoms with Crippen LogP contribution in [-0.2, 0) is 6.54 Å². The van der Waals surface area contributed by atoms with Crippen LogP contribution in [-0.4, -0.2) is 11.0 Å². The molecule has 0 fully saturated rings. The third kappa shape index (κ3) is 3.31. The van der Waals surface area contributed by atoms with Gasteiger partial charge in [-0.05, 0) is 37.1 Å². The molecule has 0 aliphatic rings. The van der Waals surface area contributed by atoms with Crippen molar-refractivity contribution in [1.29, 1.82) is 0 Å². The lowest BCUT2D eigenvalue weighted by atomic mass is 10.1. The van der Waals surface area contributed by atoms with Crippen LogP contribution >= 0.6 is 0 Å². The van der Waals surface area contributed by atoms with Crippen LogP contribution in [0.5, 0.6) is 0 Å². The number of nitrogens with one attached hydrogen (secondary N) is 1. The fourth-order valence-corrected chi connectivity index (χ4v) is 2.08. The first kappa shape index (κ1) is 14.8. The van der Waals surface area contributed by atoms with Crippen molar-refractivity contribution in [2.45, 2.75) is 20.4 Å². The molecule has 0 aliphatic heterocycles. The monoisotopic (exact) mass is 287 g/mol. The van der Waals surface area contributed by atoms with E-state index in [0.29, 0.717) is 12.1 Å². The molecule has 0 aromatic heterocycles. The van der Waals surface area contributed by atoms with Crippen LogP contribution in [0, 0.1) is 19.7 Å². The average Bonchev–Trinajstić information content (AvgIpc) is 2.48. The molecule has 0 spiro atoms. The van der Waals surface area contributed by atoms with E-state index in [4.69, 9.17) is 10.9 Å². The average molecular weight is 287 g/mol. The molecule has 2 aromatic carbocycles. The topological polar surface area (TPSA) is 70.6 Å². The third-order valence-corrected chi connectivity index (χ3v) is 3.32. The number of hydrogen-bond donors (Lipinski definition) is 3. The molecule has 21 heavy (non-hydrogen) atoms. The Bertz CT molecular complexity index is 683. The van der Waals surface area contributed by atoms with E-state index in [1.807, 2.05) is 32.0 Å². The van der Waals surface area contributed by atoms with Gasteiger partial charge in [0.25, 0.3) is 0 Å². The van der Waals surface area contributed by atoms with E-state index in [1.165, 1.54) is 6.07 Å². The lowest BCUT2D eigenvalue weighted by Gasteiger charge is -2.12. The van der Waals surface area contributed by atoms with Crippen molar-refractivity contribution in [3.8, 4) is 0 Å². The van der Waals surface area contributed by atoms with Gasteiger partial charge in [-0.3, -0.25) is 0 Å². The summed E-state index contributed by atoms with van der Waals surface area (Å²) in [4.78, 5) is 0. The molecule has 0 amide bonds. The lowest BCUT2D eigenvalue weighted by Crippen LogP contribution is -2.16. The zero-order valence-corrected chi connectivity index (χ0v) is 12.0. The zero-order valence-electron chi connectivity index (χ0n) is 12.0. The highest BCUT2D eigenvalue weighted by Gasteiger charge is 2.11. The van der Waals surface area contributed by atoms with Crippen LogP contribution in [0.3, 0.4) is 0 Å². The van der Waals surface area contributed by atoms with Crippen LogP contribution < -0.4 is 11.1 Å². The zero-order chi connectivity index (χ0) is 15.4. The molecule has 0 unspecified atom stereocenters. The van der Waals surface area contributed by atoms with Crippen molar-refractivity contribution in [3.63, 3.8) is 0 Å². The normalized spacial score (nSPS) is 11.5. The standard InChI is InChI=1S/C16H18FN3O/c1-10-6-7-11(2)14(8-10)19-9-12-4-3-5-13(15(12)17)16(18)20-21/h3-8,19,21H,9H2,1-2H3,(H2,18,20). The number of hydrogen-bond acceptors (Lipinski definition) is 3. The third-order valence-electron chi connectivity index (χ3n) is 3.32. The summed E-state index contributed by atoms with van der Waals surface area (Å²) in [7, 11) is 0. The summed E-state index contributed by atoms with van der Waals surface area (Å²) < 4.78 is 14.3. The van der Waals surface area contributed by atoms with Crippen molar-refractivity contribution in [2.24, 2.45) is 10.9 Å². The van der Waals surface area contributed by atoms with Gasteiger partial charge in [0.2, 0.25) is 0 Å². The van der Waals surface area contributed by atoms with Gasteiger partial charge in [-0.25, -0.2) is 4.39 Å². The number of anilines is 1. The number of oxime groups is 1. The summed E-state index contributed by atoms with van der Waals surface area (Å²) in [5, 5.41) is 14.7. The number of rotatable bonds is 4. The minimum Gasteiger partial charge on any atom is -0.409 e. The summed E-state index contributed by atoms with van der Waals surface area (Å²) >= 11 is 0. The van der Waals surface area contributed by atoms with E-state index >= 15 is 0 Å². The second kappa shape index (κ2) is 6.26. The Labute approximate surface area is 123 Å². The summed E-state index contributed by atoms with van der Waals surface area (Å²) in [5.41, 5.74) is 9.19. The quantitative estimate of drug-likeness (QED) is 0.350. The van der Waals surface area contributed by atoms with Gasteiger partial charge >= 0.3 is 0 Å². The van der Waals surface area contributed by atoms with Gasteiger partial charge < -0.3 is 16.3 Å². The minimum absolute atomic E-state index is 0.0952. The predicted molar refractivity (Wildman–Crippen MR) is 82.2 cm³/mol.